The summed E-state index contributed by atoms with van der Waals surface area (Å²) in [5.41, 5.74) is -0.603. The fraction of sp³-hybridized carbons (Fsp3) is 0.611. The van der Waals surface area contributed by atoms with Crippen LogP contribution in [0, 0.1) is 6.92 Å². The molecule has 0 bridgehead atoms. The van der Waals surface area contributed by atoms with Gasteiger partial charge in [-0.15, -0.1) is 11.3 Å². The van der Waals surface area contributed by atoms with Gasteiger partial charge in [0.05, 0.1) is 18.4 Å². The van der Waals surface area contributed by atoms with Crippen LogP contribution >= 0.6 is 11.3 Å². The Hall–Kier alpha value is -2.10. The number of likely N-dealkylation sites (tertiary alicyclic amines) is 1. The van der Waals surface area contributed by atoms with Gasteiger partial charge in [-0.25, -0.2) is 4.79 Å². The van der Waals surface area contributed by atoms with Gasteiger partial charge in [0, 0.05) is 30.4 Å². The predicted octanol–water partition coefficient (Wildman–Crippen LogP) is 3.02. The first-order chi connectivity index (χ1) is 13.0. The Bertz CT molecular complexity index is 1040. The first-order valence-corrected chi connectivity index (χ1v) is 9.98. The second kappa shape index (κ2) is 7.38. The minimum Gasteiger partial charge on any atom is -0.335 e. The van der Waals surface area contributed by atoms with Crippen LogP contribution in [0.3, 0.4) is 0 Å². The number of rotatable bonds is 5. The van der Waals surface area contributed by atoms with Crippen LogP contribution in [0.5, 0.6) is 0 Å². The quantitative estimate of drug-likeness (QED) is 0.751. The van der Waals surface area contributed by atoms with Gasteiger partial charge in [-0.3, -0.25) is 18.7 Å². The SMILES string of the molecule is CCn1c(=O)c2c(C)c(CN3C(=O)CCC3C)sc2n(CCC(F)(F)F)c1=O. The second-order valence-corrected chi connectivity index (χ2v) is 8.17. The lowest BCUT2D eigenvalue weighted by molar-refractivity contribution is -0.136. The molecule has 3 rings (SSSR count). The van der Waals surface area contributed by atoms with Crippen molar-refractivity contribution in [3.8, 4) is 0 Å². The van der Waals surface area contributed by atoms with Crippen molar-refractivity contribution in [3.05, 3.63) is 31.3 Å². The van der Waals surface area contributed by atoms with Crippen molar-refractivity contribution < 1.29 is 18.0 Å². The molecule has 1 saturated heterocycles. The van der Waals surface area contributed by atoms with Gasteiger partial charge in [-0.1, -0.05) is 0 Å². The van der Waals surface area contributed by atoms with E-state index in [2.05, 4.69) is 0 Å². The van der Waals surface area contributed by atoms with E-state index < -0.39 is 30.4 Å². The molecule has 0 radical (unpaired) electrons. The van der Waals surface area contributed by atoms with Crippen molar-refractivity contribution in [1.29, 1.82) is 0 Å². The molecule has 3 heterocycles. The zero-order valence-electron chi connectivity index (χ0n) is 15.9. The number of aromatic nitrogens is 2. The summed E-state index contributed by atoms with van der Waals surface area (Å²) in [5, 5.41) is 0.267. The molecule has 154 valence electrons. The Morgan fingerprint density at radius 1 is 1.18 bits per heavy atom. The summed E-state index contributed by atoms with van der Waals surface area (Å²) in [4.78, 5) is 40.2. The average molecular weight is 417 g/mol. The molecule has 1 aliphatic heterocycles. The molecule has 0 spiro atoms. The Kier molecular flexibility index (Phi) is 5.44. The number of hydrogen-bond acceptors (Lipinski definition) is 4. The Morgan fingerprint density at radius 2 is 1.86 bits per heavy atom. The Balaban J connectivity index is 2.15. The summed E-state index contributed by atoms with van der Waals surface area (Å²) in [6.45, 7) is 5.10. The van der Waals surface area contributed by atoms with Gasteiger partial charge in [0.1, 0.15) is 4.83 Å². The highest BCUT2D eigenvalue weighted by atomic mass is 32.1. The summed E-state index contributed by atoms with van der Waals surface area (Å²) in [7, 11) is 0. The molecule has 0 N–H and O–H groups in total. The molecule has 2 aromatic rings. The number of nitrogens with zero attached hydrogens (tertiary/aromatic N) is 3. The van der Waals surface area contributed by atoms with Gasteiger partial charge in [0.25, 0.3) is 5.56 Å². The molecule has 1 fully saturated rings. The molecule has 10 heteroatoms. The predicted molar refractivity (Wildman–Crippen MR) is 101 cm³/mol. The van der Waals surface area contributed by atoms with Gasteiger partial charge in [-0.2, -0.15) is 13.2 Å². The van der Waals surface area contributed by atoms with Crippen LogP contribution in [0.15, 0.2) is 9.59 Å². The normalized spacial score (nSPS) is 17.9. The summed E-state index contributed by atoms with van der Waals surface area (Å²) in [6.07, 6.45) is -4.35. The third kappa shape index (κ3) is 3.61. The molecule has 1 atom stereocenters. The minimum atomic E-state index is -4.41. The lowest BCUT2D eigenvalue weighted by Crippen LogP contribution is -2.39. The van der Waals surface area contributed by atoms with E-state index in [1.807, 2.05) is 6.92 Å². The monoisotopic (exact) mass is 417 g/mol. The molecule has 0 aliphatic carbocycles. The number of thiophene rings is 1. The standard InChI is InChI=1S/C18H22F3N3O3S/c1-4-22-15(26)14-11(3)12(9-24-10(2)5-6-13(24)25)28-16(14)23(17(22)27)8-7-18(19,20)21/h10H,4-9H2,1-3H3. The topological polar surface area (TPSA) is 64.3 Å². The number of amides is 1. The molecule has 6 nitrogen and oxygen atoms in total. The Morgan fingerprint density at radius 3 is 2.39 bits per heavy atom. The number of fused-ring (bicyclic) bond motifs is 1. The highest BCUT2D eigenvalue weighted by Crippen LogP contribution is 2.32. The molecule has 2 aromatic heterocycles. The van der Waals surface area contributed by atoms with Crippen LogP contribution in [-0.2, 0) is 24.4 Å². The molecule has 1 unspecified atom stereocenters. The summed E-state index contributed by atoms with van der Waals surface area (Å²) in [6, 6.07) is 0.0665. The third-order valence-corrected chi connectivity index (χ3v) is 6.57. The molecule has 1 amide bonds. The van der Waals surface area contributed by atoms with E-state index in [9.17, 15) is 27.6 Å². The van der Waals surface area contributed by atoms with Gasteiger partial charge < -0.3 is 4.90 Å². The van der Waals surface area contributed by atoms with Crippen molar-refractivity contribution in [2.24, 2.45) is 0 Å². The van der Waals surface area contributed by atoms with Crippen LogP contribution in [0.4, 0.5) is 13.2 Å². The van der Waals surface area contributed by atoms with Crippen LogP contribution in [0.1, 0.15) is 43.6 Å². The van der Waals surface area contributed by atoms with Gasteiger partial charge in [-0.05, 0) is 32.8 Å². The first kappa shape index (κ1) is 20.6. The molecular weight excluding hydrogens is 395 g/mol. The van der Waals surface area contributed by atoms with Gasteiger partial charge in [0.15, 0.2) is 0 Å². The maximum atomic E-state index is 12.8. The number of carbonyl (C=O) groups is 1. The summed E-state index contributed by atoms with van der Waals surface area (Å²) >= 11 is 1.13. The maximum absolute atomic E-state index is 12.8. The van der Waals surface area contributed by atoms with Crippen molar-refractivity contribution in [1.82, 2.24) is 14.0 Å². The number of hydrogen-bond donors (Lipinski definition) is 0. The zero-order valence-corrected chi connectivity index (χ0v) is 16.7. The number of aryl methyl sites for hydroxylation is 2. The van der Waals surface area contributed by atoms with E-state index in [-0.39, 0.29) is 28.7 Å². The lowest BCUT2D eigenvalue weighted by Gasteiger charge is -2.21. The zero-order chi connectivity index (χ0) is 20.8. The van der Waals surface area contributed by atoms with Crippen LogP contribution < -0.4 is 11.2 Å². The van der Waals surface area contributed by atoms with Crippen LogP contribution in [0.25, 0.3) is 10.2 Å². The lowest BCUT2D eigenvalue weighted by atomic mass is 10.2. The Labute approximate surface area is 163 Å². The van der Waals surface area contributed by atoms with Crippen molar-refractivity contribution >= 4 is 27.5 Å². The van der Waals surface area contributed by atoms with E-state index in [1.165, 1.54) is 0 Å². The van der Waals surface area contributed by atoms with Crippen molar-refractivity contribution in [3.63, 3.8) is 0 Å². The fourth-order valence-corrected chi connectivity index (χ4v) is 4.90. The van der Waals surface area contributed by atoms with E-state index >= 15 is 0 Å². The smallest absolute Gasteiger partial charge is 0.335 e. The fourth-order valence-electron chi connectivity index (χ4n) is 3.58. The average Bonchev–Trinajstić information content (AvgIpc) is 3.09. The number of alkyl halides is 3. The molecular formula is C18H22F3N3O3S. The minimum absolute atomic E-state index is 0.0183. The van der Waals surface area contributed by atoms with E-state index in [1.54, 1.807) is 18.7 Å². The maximum Gasteiger partial charge on any atom is 0.390 e. The van der Waals surface area contributed by atoms with Crippen LogP contribution in [-0.4, -0.2) is 32.2 Å². The highest BCUT2D eigenvalue weighted by Gasteiger charge is 2.31. The van der Waals surface area contributed by atoms with E-state index in [0.29, 0.717) is 18.5 Å². The first-order valence-electron chi connectivity index (χ1n) is 9.17. The molecule has 1 aliphatic rings. The van der Waals surface area contributed by atoms with E-state index in [0.717, 1.165) is 31.8 Å². The largest absolute Gasteiger partial charge is 0.390 e. The number of carbonyl (C=O) groups excluding carboxylic acids is 1. The van der Waals surface area contributed by atoms with Gasteiger partial charge in [0.2, 0.25) is 5.91 Å². The molecule has 0 aromatic carbocycles. The van der Waals surface area contributed by atoms with Crippen molar-refractivity contribution in [2.45, 2.75) is 71.9 Å². The van der Waals surface area contributed by atoms with Gasteiger partial charge >= 0.3 is 11.9 Å². The molecule has 0 saturated carbocycles. The van der Waals surface area contributed by atoms with Crippen LogP contribution in [0.2, 0.25) is 0 Å². The summed E-state index contributed by atoms with van der Waals surface area (Å²) in [5.74, 6) is 0.0183. The number of halogens is 3. The summed E-state index contributed by atoms with van der Waals surface area (Å²) < 4.78 is 40.3. The second-order valence-electron chi connectivity index (χ2n) is 7.09. The van der Waals surface area contributed by atoms with Crippen molar-refractivity contribution in [2.75, 3.05) is 0 Å². The highest BCUT2D eigenvalue weighted by molar-refractivity contribution is 7.18. The van der Waals surface area contributed by atoms with E-state index in [4.69, 9.17) is 0 Å². The third-order valence-electron chi connectivity index (χ3n) is 5.27. The molecule has 28 heavy (non-hydrogen) atoms.